The number of hydrogen-bond acceptors (Lipinski definition) is 3. The zero-order valence-electron chi connectivity index (χ0n) is 12.0. The van der Waals surface area contributed by atoms with Gasteiger partial charge in [0.05, 0.1) is 6.61 Å². The molecule has 3 nitrogen and oxygen atoms in total. The van der Waals surface area contributed by atoms with E-state index < -0.39 is 0 Å². The second kappa shape index (κ2) is 6.27. The van der Waals surface area contributed by atoms with E-state index in [0.29, 0.717) is 6.61 Å². The molecular formula is C18H18N2O. The number of pyridine rings is 1. The van der Waals surface area contributed by atoms with Crippen molar-refractivity contribution >= 4 is 16.5 Å². The molecule has 0 radical (unpaired) electrons. The quantitative estimate of drug-likeness (QED) is 0.757. The van der Waals surface area contributed by atoms with Crippen LogP contribution in [0.25, 0.3) is 10.8 Å². The predicted octanol–water partition coefficient (Wildman–Crippen LogP) is 4.25. The van der Waals surface area contributed by atoms with Crippen LogP contribution in [-0.4, -0.2) is 11.6 Å². The molecule has 3 heteroatoms. The first-order chi connectivity index (χ1) is 10.4. The van der Waals surface area contributed by atoms with Gasteiger partial charge < -0.3 is 10.1 Å². The smallest absolute Gasteiger partial charge is 0.119 e. The van der Waals surface area contributed by atoms with Crippen LogP contribution in [0.5, 0.6) is 5.75 Å². The van der Waals surface area contributed by atoms with Crippen LogP contribution in [0.4, 0.5) is 5.69 Å². The topological polar surface area (TPSA) is 34.1 Å². The van der Waals surface area contributed by atoms with Crippen LogP contribution in [0.2, 0.25) is 0 Å². The van der Waals surface area contributed by atoms with Gasteiger partial charge in [0.15, 0.2) is 0 Å². The Morgan fingerprint density at radius 2 is 1.90 bits per heavy atom. The van der Waals surface area contributed by atoms with Crippen molar-refractivity contribution in [2.45, 2.75) is 13.5 Å². The van der Waals surface area contributed by atoms with Crippen molar-refractivity contribution in [1.29, 1.82) is 0 Å². The molecule has 0 aliphatic rings. The van der Waals surface area contributed by atoms with Gasteiger partial charge >= 0.3 is 0 Å². The van der Waals surface area contributed by atoms with Crippen LogP contribution in [0, 0.1) is 0 Å². The van der Waals surface area contributed by atoms with Gasteiger partial charge in [-0.25, -0.2) is 0 Å². The van der Waals surface area contributed by atoms with E-state index in [-0.39, 0.29) is 0 Å². The Balaban J connectivity index is 1.74. The molecule has 106 valence electrons. The summed E-state index contributed by atoms with van der Waals surface area (Å²) in [6.45, 7) is 3.47. The minimum Gasteiger partial charge on any atom is -0.494 e. The van der Waals surface area contributed by atoms with Gasteiger partial charge in [0.25, 0.3) is 0 Å². The predicted molar refractivity (Wildman–Crippen MR) is 86.7 cm³/mol. The summed E-state index contributed by atoms with van der Waals surface area (Å²) < 4.78 is 5.45. The average Bonchev–Trinajstić information content (AvgIpc) is 2.54. The van der Waals surface area contributed by atoms with Crippen molar-refractivity contribution in [2.75, 3.05) is 11.9 Å². The van der Waals surface area contributed by atoms with Crippen LogP contribution in [0.3, 0.4) is 0 Å². The maximum Gasteiger partial charge on any atom is 0.119 e. The van der Waals surface area contributed by atoms with Crippen molar-refractivity contribution in [3.63, 3.8) is 0 Å². The summed E-state index contributed by atoms with van der Waals surface area (Å²) in [6, 6.07) is 16.4. The first kappa shape index (κ1) is 13.4. The van der Waals surface area contributed by atoms with Gasteiger partial charge in [-0.2, -0.15) is 0 Å². The lowest BCUT2D eigenvalue weighted by Gasteiger charge is -2.10. The molecule has 0 saturated carbocycles. The van der Waals surface area contributed by atoms with E-state index in [1.165, 1.54) is 10.9 Å². The largest absolute Gasteiger partial charge is 0.494 e. The van der Waals surface area contributed by atoms with Crippen LogP contribution in [-0.2, 0) is 6.54 Å². The normalized spacial score (nSPS) is 10.5. The fraction of sp³-hybridized carbons (Fsp3) is 0.167. The Kier molecular flexibility index (Phi) is 4.01. The van der Waals surface area contributed by atoms with E-state index in [1.54, 1.807) is 0 Å². The van der Waals surface area contributed by atoms with Gasteiger partial charge in [-0.15, -0.1) is 0 Å². The number of anilines is 1. The van der Waals surface area contributed by atoms with Crippen LogP contribution in [0.1, 0.15) is 12.5 Å². The van der Waals surface area contributed by atoms with Gasteiger partial charge in [-0.05, 0) is 36.8 Å². The summed E-state index contributed by atoms with van der Waals surface area (Å²) in [5, 5.41) is 5.83. The molecule has 3 rings (SSSR count). The lowest BCUT2D eigenvalue weighted by Crippen LogP contribution is -2.00. The molecule has 2 aromatic carbocycles. The number of benzene rings is 2. The summed E-state index contributed by atoms with van der Waals surface area (Å²) in [4.78, 5) is 4.16. The summed E-state index contributed by atoms with van der Waals surface area (Å²) in [6.07, 6.45) is 3.71. The van der Waals surface area contributed by atoms with Crippen molar-refractivity contribution in [2.24, 2.45) is 0 Å². The lowest BCUT2D eigenvalue weighted by atomic mass is 10.1. The number of nitrogens with one attached hydrogen (secondary N) is 1. The molecule has 0 spiro atoms. The standard InChI is InChI=1S/C18H18N2O/c1-2-21-16-8-6-14(7-9-16)12-20-18-5-3-4-15-13-19-11-10-17(15)18/h3-11,13,20H,2,12H2,1H3. The van der Waals surface area contributed by atoms with Gasteiger partial charge in [0, 0.05) is 35.4 Å². The van der Waals surface area contributed by atoms with Gasteiger partial charge in [0.1, 0.15) is 5.75 Å². The third-order valence-electron chi connectivity index (χ3n) is 3.40. The number of fused-ring (bicyclic) bond motifs is 1. The second-order valence-electron chi connectivity index (χ2n) is 4.83. The van der Waals surface area contributed by atoms with Gasteiger partial charge in [-0.3, -0.25) is 4.98 Å². The van der Waals surface area contributed by atoms with Crippen LogP contribution in [0.15, 0.2) is 60.9 Å². The Labute approximate surface area is 124 Å². The molecular weight excluding hydrogens is 260 g/mol. The third-order valence-corrected chi connectivity index (χ3v) is 3.40. The Morgan fingerprint density at radius 3 is 2.71 bits per heavy atom. The van der Waals surface area contributed by atoms with Crippen molar-refractivity contribution in [3.8, 4) is 5.75 Å². The highest BCUT2D eigenvalue weighted by Gasteiger charge is 2.00. The Morgan fingerprint density at radius 1 is 1.05 bits per heavy atom. The lowest BCUT2D eigenvalue weighted by molar-refractivity contribution is 0.340. The molecule has 0 bridgehead atoms. The van der Waals surface area contributed by atoms with Crippen LogP contribution < -0.4 is 10.1 Å². The molecule has 1 aromatic heterocycles. The third kappa shape index (κ3) is 3.14. The van der Waals surface area contributed by atoms with Gasteiger partial charge in [0.2, 0.25) is 0 Å². The second-order valence-corrected chi connectivity index (χ2v) is 4.83. The average molecular weight is 278 g/mol. The molecule has 1 N–H and O–H groups in total. The molecule has 0 amide bonds. The zero-order chi connectivity index (χ0) is 14.5. The number of aromatic nitrogens is 1. The summed E-state index contributed by atoms with van der Waals surface area (Å²) in [7, 11) is 0. The molecule has 0 atom stereocenters. The zero-order valence-corrected chi connectivity index (χ0v) is 12.0. The van der Waals surface area contributed by atoms with Crippen molar-refractivity contribution in [1.82, 2.24) is 4.98 Å². The Bertz CT molecular complexity index is 717. The highest BCUT2D eigenvalue weighted by molar-refractivity contribution is 5.93. The molecule has 0 saturated heterocycles. The van der Waals surface area contributed by atoms with E-state index in [2.05, 4.69) is 34.6 Å². The number of ether oxygens (including phenoxy) is 1. The van der Waals surface area contributed by atoms with Gasteiger partial charge in [-0.1, -0.05) is 24.3 Å². The van der Waals surface area contributed by atoms with Crippen molar-refractivity contribution in [3.05, 3.63) is 66.5 Å². The minimum absolute atomic E-state index is 0.696. The fourth-order valence-electron chi connectivity index (χ4n) is 2.34. The number of hydrogen-bond donors (Lipinski definition) is 1. The highest BCUT2D eigenvalue weighted by atomic mass is 16.5. The van der Waals surface area contributed by atoms with E-state index >= 15 is 0 Å². The van der Waals surface area contributed by atoms with Crippen LogP contribution >= 0.6 is 0 Å². The summed E-state index contributed by atoms with van der Waals surface area (Å²) >= 11 is 0. The first-order valence-electron chi connectivity index (χ1n) is 7.15. The molecule has 21 heavy (non-hydrogen) atoms. The molecule has 0 fully saturated rings. The van der Waals surface area contributed by atoms with E-state index in [1.807, 2.05) is 43.6 Å². The first-order valence-corrected chi connectivity index (χ1v) is 7.15. The van der Waals surface area contributed by atoms with E-state index in [4.69, 9.17) is 4.74 Å². The summed E-state index contributed by atoms with van der Waals surface area (Å²) in [5.41, 5.74) is 2.35. The SMILES string of the molecule is CCOc1ccc(CNc2cccc3cnccc23)cc1. The van der Waals surface area contributed by atoms with Crippen molar-refractivity contribution < 1.29 is 4.74 Å². The monoisotopic (exact) mass is 278 g/mol. The summed E-state index contributed by atoms with van der Waals surface area (Å²) in [5.74, 6) is 0.914. The van der Waals surface area contributed by atoms with E-state index in [9.17, 15) is 0 Å². The maximum absolute atomic E-state index is 5.45. The molecule has 0 aliphatic heterocycles. The number of rotatable bonds is 5. The highest BCUT2D eigenvalue weighted by Crippen LogP contribution is 2.23. The maximum atomic E-state index is 5.45. The minimum atomic E-state index is 0.696. The molecule has 0 aliphatic carbocycles. The number of nitrogens with zero attached hydrogens (tertiary/aromatic N) is 1. The van der Waals surface area contributed by atoms with E-state index in [0.717, 1.165) is 23.4 Å². The molecule has 1 heterocycles. The molecule has 0 unspecified atom stereocenters. The Hall–Kier alpha value is -2.55. The molecule has 3 aromatic rings. The fourth-order valence-corrected chi connectivity index (χ4v) is 2.34.